The highest BCUT2D eigenvalue weighted by Crippen LogP contribution is 2.42. The lowest BCUT2D eigenvalue weighted by molar-refractivity contribution is -0.383. The van der Waals surface area contributed by atoms with Crippen LogP contribution in [0.3, 0.4) is 0 Å². The molecule has 4 atom stereocenters. The largest absolute Gasteiger partial charge is 0.394 e. The minimum atomic E-state index is -1.84. The fourth-order valence-electron chi connectivity index (χ4n) is 2.86. The maximum absolute atomic E-state index is 11.3. The topological polar surface area (TPSA) is 176 Å². The molecule has 1 aliphatic heterocycles. The first-order chi connectivity index (χ1) is 11.3. The van der Waals surface area contributed by atoms with Gasteiger partial charge in [0, 0.05) is 0 Å². The van der Waals surface area contributed by atoms with Crippen molar-refractivity contribution in [3.05, 3.63) is 22.6 Å². The van der Waals surface area contributed by atoms with Crippen molar-refractivity contribution in [2.24, 2.45) is 0 Å². The van der Waals surface area contributed by atoms with Gasteiger partial charge in [-0.3, -0.25) is 25.4 Å². The molecule has 0 amide bonds. The summed E-state index contributed by atoms with van der Waals surface area (Å²) in [4.78, 5) is 18.2. The van der Waals surface area contributed by atoms with E-state index in [4.69, 9.17) is 9.94 Å². The Kier molecular flexibility index (Phi) is 3.85. The summed E-state index contributed by atoms with van der Waals surface area (Å²) >= 11 is 0. The Morgan fingerprint density at radius 1 is 1.54 bits per heavy atom. The maximum Gasteiger partial charge on any atom is 0.300 e. The highest BCUT2D eigenvalue weighted by atomic mass is 16.6. The highest BCUT2D eigenvalue weighted by molar-refractivity contribution is 5.95. The summed E-state index contributed by atoms with van der Waals surface area (Å²) in [5.74, 6) is -0.192. The van der Waals surface area contributed by atoms with Crippen LogP contribution in [0.4, 0.5) is 11.5 Å². The first-order valence-corrected chi connectivity index (χ1v) is 6.89. The van der Waals surface area contributed by atoms with E-state index in [9.17, 15) is 25.4 Å². The van der Waals surface area contributed by atoms with Gasteiger partial charge in [-0.25, -0.2) is 9.97 Å². The van der Waals surface area contributed by atoms with E-state index in [0.29, 0.717) is 0 Å². The lowest BCUT2D eigenvalue weighted by atomic mass is 9.96. The number of aliphatic hydroxyl groups is 3. The van der Waals surface area contributed by atoms with Crippen LogP contribution in [0.1, 0.15) is 13.2 Å². The van der Waals surface area contributed by atoms with Crippen LogP contribution in [-0.4, -0.2) is 64.4 Å². The number of aromatic nitrogens is 3. The summed E-state index contributed by atoms with van der Waals surface area (Å²) in [6.07, 6.45) is -1.61. The zero-order valence-corrected chi connectivity index (χ0v) is 12.4. The molecule has 2 aromatic rings. The molecule has 0 unspecified atom stereocenters. The van der Waals surface area contributed by atoms with Crippen LogP contribution < -0.4 is 5.48 Å². The highest BCUT2D eigenvalue weighted by Gasteiger charge is 2.53. The van der Waals surface area contributed by atoms with Crippen LogP contribution in [0.15, 0.2) is 12.5 Å². The molecular formula is C12H15N5O7. The van der Waals surface area contributed by atoms with E-state index in [1.165, 1.54) is 6.92 Å². The normalized spacial score (nSPS) is 30.0. The SMILES string of the molecule is C[C@]1(O)[C@H](O)[C@@H](CO)O[C@H]1n1cc([N+](=O)[O-])c2c(NO)ncnc21. The van der Waals surface area contributed by atoms with Crippen molar-refractivity contribution in [1.82, 2.24) is 14.5 Å². The van der Waals surface area contributed by atoms with E-state index in [2.05, 4.69) is 9.97 Å². The molecule has 130 valence electrons. The summed E-state index contributed by atoms with van der Waals surface area (Å²) in [6.45, 7) is 0.732. The van der Waals surface area contributed by atoms with Crippen molar-refractivity contribution in [2.75, 3.05) is 12.1 Å². The van der Waals surface area contributed by atoms with Gasteiger partial charge in [0.15, 0.2) is 17.7 Å². The van der Waals surface area contributed by atoms with Crippen LogP contribution in [0.25, 0.3) is 11.0 Å². The van der Waals surface area contributed by atoms with Crippen LogP contribution in [0, 0.1) is 10.1 Å². The minimum absolute atomic E-state index is 0.00400. The van der Waals surface area contributed by atoms with Crippen molar-refractivity contribution < 1.29 is 30.2 Å². The Hall–Kier alpha value is -2.38. The van der Waals surface area contributed by atoms with Crippen LogP contribution in [-0.2, 0) is 4.74 Å². The van der Waals surface area contributed by atoms with Crippen molar-refractivity contribution in [3.63, 3.8) is 0 Å². The fourth-order valence-corrected chi connectivity index (χ4v) is 2.86. The Bertz CT molecular complexity index is 791. The number of fused-ring (bicyclic) bond motifs is 1. The van der Waals surface area contributed by atoms with Crippen molar-refractivity contribution in [3.8, 4) is 0 Å². The predicted molar refractivity (Wildman–Crippen MR) is 77.2 cm³/mol. The predicted octanol–water partition coefficient (Wildman–Crippen LogP) is -0.858. The zero-order chi connectivity index (χ0) is 17.6. The van der Waals surface area contributed by atoms with Crippen molar-refractivity contribution in [1.29, 1.82) is 0 Å². The van der Waals surface area contributed by atoms with E-state index in [-0.39, 0.29) is 16.9 Å². The molecule has 12 heteroatoms. The standard InChI is InChI=1S/C12H15N5O7/c1-12(20)8(19)6(3-18)24-11(12)16-2-5(17(22)23)7-9(15-21)13-4-14-10(7)16/h2,4,6,8,11,18-21H,3H2,1H3,(H,13,14,15)/t6-,8-,11-,12+/m1/s1. The number of ether oxygens (including phenoxy) is 1. The molecule has 3 heterocycles. The lowest BCUT2D eigenvalue weighted by Crippen LogP contribution is -2.44. The molecule has 1 aliphatic rings. The van der Waals surface area contributed by atoms with Crippen LogP contribution >= 0.6 is 0 Å². The Morgan fingerprint density at radius 3 is 2.79 bits per heavy atom. The van der Waals surface area contributed by atoms with Gasteiger partial charge in [0.25, 0.3) is 5.69 Å². The molecule has 0 saturated carbocycles. The number of nitrogens with zero attached hydrogens (tertiary/aromatic N) is 4. The Labute approximate surface area is 134 Å². The number of nitro groups is 1. The molecule has 0 aromatic carbocycles. The van der Waals surface area contributed by atoms with Gasteiger partial charge in [-0.15, -0.1) is 0 Å². The number of anilines is 1. The van der Waals surface area contributed by atoms with Crippen LogP contribution in [0.5, 0.6) is 0 Å². The average Bonchev–Trinajstić information content (AvgIpc) is 3.04. The number of aliphatic hydroxyl groups excluding tert-OH is 2. The molecule has 24 heavy (non-hydrogen) atoms. The first kappa shape index (κ1) is 16.5. The smallest absolute Gasteiger partial charge is 0.300 e. The van der Waals surface area contributed by atoms with Gasteiger partial charge in [0.05, 0.1) is 17.7 Å². The molecule has 0 bridgehead atoms. The quantitative estimate of drug-likeness (QED) is 0.347. The van der Waals surface area contributed by atoms with Crippen molar-refractivity contribution >= 4 is 22.5 Å². The number of hydrogen-bond donors (Lipinski definition) is 5. The summed E-state index contributed by atoms with van der Waals surface area (Å²) in [5.41, 5.74) is -0.509. The number of nitrogens with one attached hydrogen (secondary N) is 1. The summed E-state index contributed by atoms with van der Waals surface area (Å²) < 4.78 is 6.61. The number of rotatable bonds is 4. The summed E-state index contributed by atoms with van der Waals surface area (Å²) in [5, 5.41) is 50.2. The van der Waals surface area contributed by atoms with Gasteiger partial charge < -0.3 is 20.1 Å². The second-order valence-corrected chi connectivity index (χ2v) is 5.59. The van der Waals surface area contributed by atoms with E-state index in [0.717, 1.165) is 17.1 Å². The monoisotopic (exact) mass is 341 g/mol. The maximum atomic E-state index is 11.3. The minimum Gasteiger partial charge on any atom is -0.394 e. The molecule has 3 rings (SSSR count). The third-order valence-corrected chi connectivity index (χ3v) is 4.08. The van der Waals surface area contributed by atoms with E-state index in [1.807, 2.05) is 0 Å². The second kappa shape index (κ2) is 5.61. The van der Waals surface area contributed by atoms with Crippen LogP contribution in [0.2, 0.25) is 0 Å². The van der Waals surface area contributed by atoms with Gasteiger partial charge in [-0.1, -0.05) is 0 Å². The zero-order valence-electron chi connectivity index (χ0n) is 12.4. The molecule has 1 saturated heterocycles. The second-order valence-electron chi connectivity index (χ2n) is 5.59. The van der Waals surface area contributed by atoms with E-state index < -0.39 is 41.3 Å². The van der Waals surface area contributed by atoms with Gasteiger partial charge >= 0.3 is 0 Å². The van der Waals surface area contributed by atoms with Gasteiger partial charge in [0.2, 0.25) is 0 Å². The molecule has 2 aromatic heterocycles. The molecule has 0 radical (unpaired) electrons. The molecule has 1 fully saturated rings. The van der Waals surface area contributed by atoms with E-state index >= 15 is 0 Å². The molecule has 0 aliphatic carbocycles. The molecular weight excluding hydrogens is 326 g/mol. The van der Waals surface area contributed by atoms with Crippen molar-refractivity contribution in [2.45, 2.75) is 31.0 Å². The molecule has 12 nitrogen and oxygen atoms in total. The van der Waals surface area contributed by atoms with E-state index in [1.54, 1.807) is 5.48 Å². The number of hydrogen-bond acceptors (Lipinski definition) is 10. The average molecular weight is 341 g/mol. The lowest BCUT2D eigenvalue weighted by Gasteiger charge is -2.27. The Balaban J connectivity index is 2.23. The first-order valence-electron chi connectivity index (χ1n) is 6.89. The third kappa shape index (κ3) is 2.20. The van der Waals surface area contributed by atoms with Gasteiger partial charge in [-0.2, -0.15) is 0 Å². The summed E-state index contributed by atoms with van der Waals surface area (Å²) in [6, 6.07) is 0. The Morgan fingerprint density at radius 2 is 2.25 bits per heavy atom. The van der Waals surface area contributed by atoms with Gasteiger partial charge in [-0.05, 0) is 6.92 Å². The fraction of sp³-hybridized carbons (Fsp3) is 0.500. The van der Waals surface area contributed by atoms with Gasteiger partial charge in [0.1, 0.15) is 29.5 Å². The summed E-state index contributed by atoms with van der Waals surface area (Å²) in [7, 11) is 0. The molecule has 0 spiro atoms. The third-order valence-electron chi connectivity index (χ3n) is 4.08. The molecule has 5 N–H and O–H groups in total.